The van der Waals surface area contributed by atoms with E-state index in [1.165, 1.54) is 11.3 Å². The van der Waals surface area contributed by atoms with Gasteiger partial charge in [-0.2, -0.15) is 0 Å². The first kappa shape index (κ1) is 24.5. The number of methoxy groups -OCH3 is 1. The number of rotatable bonds is 8. The van der Waals surface area contributed by atoms with E-state index in [9.17, 15) is 9.59 Å². The van der Waals surface area contributed by atoms with Gasteiger partial charge >= 0.3 is 5.97 Å². The summed E-state index contributed by atoms with van der Waals surface area (Å²) in [7, 11) is 1.59. The quantitative estimate of drug-likeness (QED) is 0.449. The molecule has 0 aliphatic carbocycles. The van der Waals surface area contributed by atoms with E-state index < -0.39 is 12.0 Å². The van der Waals surface area contributed by atoms with Crippen LogP contribution in [0.3, 0.4) is 0 Å². The third-order valence-corrected chi connectivity index (χ3v) is 6.58. The number of benzene rings is 2. The summed E-state index contributed by atoms with van der Waals surface area (Å²) in [4.78, 5) is 31.7. The summed E-state index contributed by atoms with van der Waals surface area (Å²) in [5, 5.41) is 0. The van der Waals surface area contributed by atoms with Gasteiger partial charge in [0.25, 0.3) is 5.56 Å². The number of thiazole rings is 1. The van der Waals surface area contributed by atoms with Gasteiger partial charge in [-0.1, -0.05) is 42.5 Å². The van der Waals surface area contributed by atoms with Crippen molar-refractivity contribution in [2.75, 3.05) is 20.3 Å². The number of hydrogen-bond donors (Lipinski definition) is 0. The molecule has 0 radical (unpaired) electrons. The number of carbonyl (C=O) groups excluding carboxylic acids is 1. The lowest BCUT2D eigenvalue weighted by Gasteiger charge is -2.24. The lowest BCUT2D eigenvalue weighted by molar-refractivity contribution is -0.139. The highest BCUT2D eigenvalue weighted by atomic mass is 32.1. The topological polar surface area (TPSA) is 79.1 Å². The lowest BCUT2D eigenvalue weighted by Crippen LogP contribution is -2.39. The van der Waals surface area contributed by atoms with Crippen molar-refractivity contribution in [3.05, 3.63) is 90.6 Å². The van der Waals surface area contributed by atoms with Gasteiger partial charge in [0.15, 0.2) is 4.80 Å². The van der Waals surface area contributed by atoms with Gasteiger partial charge in [-0.3, -0.25) is 9.36 Å². The molecule has 1 aromatic heterocycles. The van der Waals surface area contributed by atoms with Crippen molar-refractivity contribution >= 4 is 23.4 Å². The van der Waals surface area contributed by atoms with Gasteiger partial charge in [0.1, 0.15) is 11.5 Å². The molecule has 182 valence electrons. The van der Waals surface area contributed by atoms with Gasteiger partial charge < -0.3 is 14.2 Å². The molecular formula is C27H28N2O5S. The molecule has 1 aliphatic rings. The van der Waals surface area contributed by atoms with Crippen molar-refractivity contribution in [3.8, 4) is 11.5 Å². The number of nitrogens with zero attached hydrogens (tertiary/aromatic N) is 2. The molecular weight excluding hydrogens is 464 g/mol. The van der Waals surface area contributed by atoms with Gasteiger partial charge in [-0.15, -0.1) is 0 Å². The highest BCUT2D eigenvalue weighted by Crippen LogP contribution is 2.31. The van der Waals surface area contributed by atoms with Crippen LogP contribution in [-0.2, 0) is 9.53 Å². The minimum atomic E-state index is -0.650. The Morgan fingerprint density at radius 3 is 2.40 bits per heavy atom. The van der Waals surface area contributed by atoms with Crippen LogP contribution in [0.4, 0.5) is 0 Å². The smallest absolute Gasteiger partial charge is 0.338 e. The van der Waals surface area contributed by atoms with Crippen LogP contribution in [0.1, 0.15) is 44.4 Å². The average Bonchev–Trinajstić information content (AvgIpc) is 3.17. The van der Waals surface area contributed by atoms with Crippen LogP contribution < -0.4 is 24.4 Å². The van der Waals surface area contributed by atoms with E-state index >= 15 is 0 Å². The molecule has 1 atom stereocenters. The molecule has 1 unspecified atom stereocenters. The predicted molar refractivity (Wildman–Crippen MR) is 136 cm³/mol. The molecule has 0 fully saturated rings. The number of allylic oxidation sites excluding steroid dienone is 1. The summed E-state index contributed by atoms with van der Waals surface area (Å²) >= 11 is 1.30. The summed E-state index contributed by atoms with van der Waals surface area (Å²) in [6, 6.07) is 14.3. The van der Waals surface area contributed by atoms with E-state index in [1.807, 2.05) is 54.6 Å². The second-order valence-electron chi connectivity index (χ2n) is 7.99. The van der Waals surface area contributed by atoms with Gasteiger partial charge in [-0.25, -0.2) is 9.79 Å². The Bertz CT molecular complexity index is 1420. The Balaban J connectivity index is 1.83. The number of hydrogen-bond acceptors (Lipinski definition) is 7. The molecule has 1 aliphatic heterocycles. The zero-order chi connectivity index (χ0) is 24.9. The number of carbonyl (C=O) groups is 1. The Morgan fingerprint density at radius 2 is 1.77 bits per heavy atom. The SMILES string of the molecule is CCCOc1ccc(C=c2sc3n(c2=O)C(c2ccc(OC)cc2)C(C(=O)OCC)=C(C)N=3)cc1. The van der Waals surface area contributed by atoms with Crippen LogP contribution >= 0.6 is 11.3 Å². The van der Waals surface area contributed by atoms with Crippen LogP contribution in [0.25, 0.3) is 6.08 Å². The number of esters is 1. The first-order chi connectivity index (χ1) is 17.0. The monoisotopic (exact) mass is 492 g/mol. The number of ether oxygens (including phenoxy) is 3. The standard InChI is InChI=1S/C27H28N2O5S/c1-5-15-34-21-11-7-18(8-12-21)16-22-25(30)29-24(19-9-13-20(32-4)14-10-19)23(26(31)33-6-2)17(3)28-27(29)35-22/h7-14,16,24H,5-6,15H2,1-4H3. The summed E-state index contributed by atoms with van der Waals surface area (Å²) in [5.41, 5.74) is 2.33. The Hall–Kier alpha value is -3.65. The highest BCUT2D eigenvalue weighted by Gasteiger charge is 2.33. The molecule has 8 heteroatoms. The summed E-state index contributed by atoms with van der Waals surface area (Å²) in [6.07, 6.45) is 2.77. The van der Waals surface area contributed by atoms with Gasteiger partial charge in [0.05, 0.1) is 42.2 Å². The van der Waals surface area contributed by atoms with Crippen LogP contribution in [-0.4, -0.2) is 30.9 Å². The largest absolute Gasteiger partial charge is 0.497 e. The van der Waals surface area contributed by atoms with Crippen molar-refractivity contribution in [2.45, 2.75) is 33.2 Å². The molecule has 0 spiro atoms. The zero-order valence-corrected chi connectivity index (χ0v) is 21.1. The second-order valence-corrected chi connectivity index (χ2v) is 9.00. The lowest BCUT2D eigenvalue weighted by atomic mass is 9.96. The molecule has 0 N–H and O–H groups in total. The van der Waals surface area contributed by atoms with Crippen LogP contribution in [0, 0.1) is 0 Å². The van der Waals surface area contributed by atoms with E-state index in [-0.39, 0.29) is 12.2 Å². The van der Waals surface area contributed by atoms with Gasteiger partial charge in [-0.05, 0) is 61.7 Å². The predicted octanol–water partition coefficient (Wildman–Crippen LogP) is 3.60. The summed E-state index contributed by atoms with van der Waals surface area (Å²) < 4.78 is 18.4. The molecule has 4 rings (SSSR count). The van der Waals surface area contributed by atoms with E-state index in [0.717, 1.165) is 23.3 Å². The molecule has 0 saturated heterocycles. The van der Waals surface area contributed by atoms with Gasteiger partial charge in [0, 0.05) is 0 Å². The first-order valence-corrected chi connectivity index (χ1v) is 12.3. The number of aromatic nitrogens is 1. The molecule has 35 heavy (non-hydrogen) atoms. The first-order valence-electron chi connectivity index (χ1n) is 11.5. The van der Waals surface area contributed by atoms with Gasteiger partial charge in [0.2, 0.25) is 0 Å². The summed E-state index contributed by atoms with van der Waals surface area (Å²) in [5.74, 6) is 0.997. The van der Waals surface area contributed by atoms with E-state index in [0.29, 0.717) is 33.0 Å². The minimum absolute atomic E-state index is 0.213. The van der Waals surface area contributed by atoms with Crippen molar-refractivity contribution in [2.24, 2.45) is 4.99 Å². The van der Waals surface area contributed by atoms with Crippen LogP contribution in [0.15, 0.2) is 69.6 Å². The van der Waals surface area contributed by atoms with E-state index in [1.54, 1.807) is 25.5 Å². The fourth-order valence-electron chi connectivity index (χ4n) is 3.92. The third-order valence-electron chi connectivity index (χ3n) is 5.60. The van der Waals surface area contributed by atoms with Crippen molar-refractivity contribution in [3.63, 3.8) is 0 Å². The maximum absolute atomic E-state index is 13.6. The van der Waals surface area contributed by atoms with Crippen molar-refractivity contribution < 1.29 is 19.0 Å². The molecule has 3 aromatic rings. The molecule has 2 aromatic carbocycles. The van der Waals surface area contributed by atoms with Crippen LogP contribution in [0.2, 0.25) is 0 Å². The van der Waals surface area contributed by atoms with Crippen molar-refractivity contribution in [1.29, 1.82) is 0 Å². The third kappa shape index (κ3) is 5.07. The maximum atomic E-state index is 13.6. The fourth-order valence-corrected chi connectivity index (χ4v) is 4.97. The molecule has 7 nitrogen and oxygen atoms in total. The Morgan fingerprint density at radius 1 is 1.09 bits per heavy atom. The average molecular weight is 493 g/mol. The zero-order valence-electron chi connectivity index (χ0n) is 20.2. The Labute approximate surface area is 207 Å². The van der Waals surface area contributed by atoms with Crippen molar-refractivity contribution in [1.82, 2.24) is 4.57 Å². The summed E-state index contributed by atoms with van der Waals surface area (Å²) in [6.45, 7) is 6.47. The van der Waals surface area contributed by atoms with E-state index in [4.69, 9.17) is 14.2 Å². The molecule has 0 amide bonds. The highest BCUT2D eigenvalue weighted by molar-refractivity contribution is 7.07. The molecule has 2 heterocycles. The minimum Gasteiger partial charge on any atom is -0.497 e. The maximum Gasteiger partial charge on any atom is 0.338 e. The molecule has 0 bridgehead atoms. The fraction of sp³-hybridized carbons (Fsp3) is 0.296. The normalized spacial score (nSPS) is 15.4. The van der Waals surface area contributed by atoms with Crippen LogP contribution in [0.5, 0.6) is 11.5 Å². The van der Waals surface area contributed by atoms with E-state index in [2.05, 4.69) is 11.9 Å². The molecule has 0 saturated carbocycles. The number of fused-ring (bicyclic) bond motifs is 1. The Kier molecular flexibility index (Phi) is 7.51. The second kappa shape index (κ2) is 10.7.